The summed E-state index contributed by atoms with van der Waals surface area (Å²) in [7, 11) is 1.33. The second-order valence-corrected chi connectivity index (χ2v) is 6.41. The van der Waals surface area contributed by atoms with Crippen molar-refractivity contribution in [3.05, 3.63) is 59.5 Å². The summed E-state index contributed by atoms with van der Waals surface area (Å²) >= 11 is 0. The number of hydrogen-bond acceptors (Lipinski definition) is 5. The van der Waals surface area contributed by atoms with Crippen LogP contribution < -0.4 is 5.32 Å². The van der Waals surface area contributed by atoms with Crippen LogP contribution in [-0.4, -0.2) is 43.5 Å². The number of ether oxygens (including phenoxy) is 1. The minimum absolute atomic E-state index is 0.0311. The summed E-state index contributed by atoms with van der Waals surface area (Å²) in [6.45, 7) is 2.50. The number of nitrogens with zero attached hydrogens (tertiary/aromatic N) is 1. The first kappa shape index (κ1) is 18.2. The molecule has 26 heavy (non-hydrogen) atoms. The number of benzene rings is 1. The Morgan fingerprint density at radius 1 is 1.12 bits per heavy atom. The molecule has 1 aliphatic rings. The maximum Gasteiger partial charge on any atom is 0.337 e. The van der Waals surface area contributed by atoms with E-state index in [1.54, 1.807) is 30.5 Å². The molecule has 1 atom stereocenters. The van der Waals surface area contributed by atoms with Crippen molar-refractivity contribution >= 4 is 11.9 Å². The minimum Gasteiger partial charge on any atom is -0.468 e. The van der Waals surface area contributed by atoms with Crippen LogP contribution in [0.25, 0.3) is 0 Å². The van der Waals surface area contributed by atoms with Crippen molar-refractivity contribution < 1.29 is 18.7 Å². The van der Waals surface area contributed by atoms with Crippen molar-refractivity contribution in [1.82, 2.24) is 10.2 Å². The molecule has 2 heterocycles. The van der Waals surface area contributed by atoms with Crippen LogP contribution >= 0.6 is 0 Å². The van der Waals surface area contributed by atoms with Crippen molar-refractivity contribution in [3.63, 3.8) is 0 Å². The van der Waals surface area contributed by atoms with E-state index in [9.17, 15) is 9.59 Å². The molecule has 0 aliphatic carbocycles. The van der Waals surface area contributed by atoms with Gasteiger partial charge in [0.25, 0.3) is 5.91 Å². The third-order valence-electron chi connectivity index (χ3n) is 4.73. The third-order valence-corrected chi connectivity index (χ3v) is 4.73. The van der Waals surface area contributed by atoms with Gasteiger partial charge in [0.15, 0.2) is 0 Å². The lowest BCUT2D eigenvalue weighted by molar-refractivity contribution is 0.0600. The molecule has 0 radical (unpaired) electrons. The van der Waals surface area contributed by atoms with E-state index in [1.165, 1.54) is 26.4 Å². The van der Waals surface area contributed by atoms with Crippen LogP contribution in [0.15, 0.2) is 47.1 Å². The Morgan fingerprint density at radius 2 is 1.81 bits per heavy atom. The summed E-state index contributed by atoms with van der Waals surface area (Å²) in [6, 6.07) is 10.3. The molecule has 1 aromatic carbocycles. The van der Waals surface area contributed by atoms with Crippen LogP contribution in [-0.2, 0) is 4.74 Å². The van der Waals surface area contributed by atoms with E-state index in [0.29, 0.717) is 17.7 Å². The summed E-state index contributed by atoms with van der Waals surface area (Å²) in [5.41, 5.74) is 0.931. The van der Waals surface area contributed by atoms with Gasteiger partial charge in [0.2, 0.25) is 0 Å². The van der Waals surface area contributed by atoms with Crippen molar-refractivity contribution in [1.29, 1.82) is 0 Å². The number of likely N-dealkylation sites (tertiary alicyclic amines) is 1. The predicted octanol–water partition coefficient (Wildman–Crippen LogP) is 3.02. The maximum absolute atomic E-state index is 12.5. The summed E-state index contributed by atoms with van der Waals surface area (Å²) < 4.78 is 10.3. The van der Waals surface area contributed by atoms with E-state index in [2.05, 4.69) is 15.0 Å². The van der Waals surface area contributed by atoms with Gasteiger partial charge >= 0.3 is 5.97 Å². The Hall–Kier alpha value is -2.60. The largest absolute Gasteiger partial charge is 0.468 e. The molecule has 138 valence electrons. The first-order chi connectivity index (χ1) is 12.7. The number of rotatable bonds is 6. The molecule has 1 amide bonds. The van der Waals surface area contributed by atoms with E-state index >= 15 is 0 Å². The molecule has 0 bridgehead atoms. The van der Waals surface area contributed by atoms with Crippen LogP contribution in [0, 0.1) is 0 Å². The Balaban J connectivity index is 1.64. The van der Waals surface area contributed by atoms with Crippen LogP contribution in [0.2, 0.25) is 0 Å². The normalized spacial score (nSPS) is 16.0. The van der Waals surface area contributed by atoms with Crippen LogP contribution in [0.4, 0.5) is 0 Å². The van der Waals surface area contributed by atoms with Gasteiger partial charge in [-0.2, -0.15) is 0 Å². The van der Waals surface area contributed by atoms with Gasteiger partial charge in [-0.05, 0) is 62.3 Å². The van der Waals surface area contributed by atoms with E-state index < -0.39 is 5.97 Å². The van der Waals surface area contributed by atoms with Crippen LogP contribution in [0.5, 0.6) is 0 Å². The summed E-state index contributed by atoms with van der Waals surface area (Å²) in [5.74, 6) is 0.281. The van der Waals surface area contributed by atoms with Gasteiger partial charge in [-0.15, -0.1) is 0 Å². The molecule has 1 fully saturated rings. The highest BCUT2D eigenvalue weighted by atomic mass is 16.5. The number of esters is 1. The van der Waals surface area contributed by atoms with E-state index in [0.717, 1.165) is 18.8 Å². The number of hydrogen-bond donors (Lipinski definition) is 1. The van der Waals surface area contributed by atoms with Gasteiger partial charge < -0.3 is 14.5 Å². The number of amides is 1. The highest BCUT2D eigenvalue weighted by Gasteiger charge is 2.25. The highest BCUT2D eigenvalue weighted by Crippen LogP contribution is 2.24. The van der Waals surface area contributed by atoms with Gasteiger partial charge in [0, 0.05) is 12.1 Å². The highest BCUT2D eigenvalue weighted by molar-refractivity contribution is 5.96. The molecule has 1 aliphatic heterocycles. The van der Waals surface area contributed by atoms with Crippen LogP contribution in [0.3, 0.4) is 0 Å². The minimum atomic E-state index is -0.417. The Kier molecular flexibility index (Phi) is 6.07. The molecule has 2 aromatic rings. The average molecular weight is 356 g/mol. The number of carbonyl (C=O) groups is 2. The molecule has 6 nitrogen and oxygen atoms in total. The van der Waals surface area contributed by atoms with E-state index in [-0.39, 0.29) is 11.9 Å². The lowest BCUT2D eigenvalue weighted by Crippen LogP contribution is -2.40. The zero-order valence-electron chi connectivity index (χ0n) is 14.9. The number of nitrogens with one attached hydrogen (secondary N) is 1. The topological polar surface area (TPSA) is 71.8 Å². The molecule has 0 spiro atoms. The monoisotopic (exact) mass is 356 g/mol. The van der Waals surface area contributed by atoms with Gasteiger partial charge in [0.1, 0.15) is 5.76 Å². The average Bonchev–Trinajstić information content (AvgIpc) is 3.23. The second kappa shape index (κ2) is 8.67. The Morgan fingerprint density at radius 3 is 2.42 bits per heavy atom. The van der Waals surface area contributed by atoms with Crippen molar-refractivity contribution in [2.24, 2.45) is 0 Å². The Labute approximate surface area is 153 Å². The fraction of sp³-hybridized carbons (Fsp3) is 0.400. The van der Waals surface area contributed by atoms with Gasteiger partial charge in [-0.25, -0.2) is 4.79 Å². The van der Waals surface area contributed by atoms with Crippen molar-refractivity contribution in [2.75, 3.05) is 26.7 Å². The lowest BCUT2D eigenvalue weighted by atomic mass is 10.1. The molecule has 0 saturated carbocycles. The molecule has 1 unspecified atom stereocenters. The molecule has 6 heteroatoms. The zero-order chi connectivity index (χ0) is 18.4. The quantitative estimate of drug-likeness (QED) is 0.806. The van der Waals surface area contributed by atoms with Crippen molar-refractivity contribution in [3.8, 4) is 0 Å². The lowest BCUT2D eigenvalue weighted by Gasteiger charge is -2.33. The molecular formula is C20H24N2O4. The maximum atomic E-state index is 12.5. The smallest absolute Gasteiger partial charge is 0.337 e. The summed E-state index contributed by atoms with van der Waals surface area (Å²) in [6.07, 6.45) is 5.25. The predicted molar refractivity (Wildman–Crippen MR) is 97.0 cm³/mol. The van der Waals surface area contributed by atoms with Crippen molar-refractivity contribution in [2.45, 2.75) is 25.3 Å². The van der Waals surface area contributed by atoms with Gasteiger partial charge in [0.05, 0.1) is 25.0 Å². The van der Waals surface area contributed by atoms with Gasteiger partial charge in [-0.1, -0.05) is 6.42 Å². The first-order valence-electron chi connectivity index (χ1n) is 8.93. The standard InChI is InChI=1S/C20H24N2O4/c1-25-20(24)16-9-7-15(8-10-16)19(23)21-14-17(18-6-5-13-26-18)22-11-3-2-4-12-22/h5-10,13,17H,2-4,11-12,14H2,1H3,(H,21,23). The fourth-order valence-corrected chi connectivity index (χ4v) is 3.29. The number of furan rings is 1. The summed E-state index contributed by atoms with van der Waals surface area (Å²) in [5, 5.41) is 2.99. The molecule has 1 saturated heterocycles. The number of carbonyl (C=O) groups excluding carboxylic acids is 2. The van der Waals surface area contributed by atoms with Gasteiger partial charge in [-0.3, -0.25) is 9.69 Å². The SMILES string of the molecule is COC(=O)c1ccc(C(=O)NCC(c2ccco2)N2CCCCC2)cc1. The second-order valence-electron chi connectivity index (χ2n) is 6.41. The molecule has 3 rings (SSSR count). The van der Waals surface area contributed by atoms with E-state index in [4.69, 9.17) is 4.42 Å². The third kappa shape index (κ3) is 4.32. The van der Waals surface area contributed by atoms with Crippen LogP contribution in [0.1, 0.15) is 51.8 Å². The molecular weight excluding hydrogens is 332 g/mol. The molecule has 1 N–H and O–H groups in total. The Bertz CT molecular complexity index is 719. The fourth-order valence-electron chi connectivity index (χ4n) is 3.29. The number of piperidine rings is 1. The first-order valence-corrected chi connectivity index (χ1v) is 8.93. The molecule has 1 aromatic heterocycles. The zero-order valence-corrected chi connectivity index (χ0v) is 14.9. The number of methoxy groups -OCH3 is 1. The summed E-state index contributed by atoms with van der Waals surface area (Å²) in [4.78, 5) is 26.3. The van der Waals surface area contributed by atoms with E-state index in [1.807, 2.05) is 12.1 Å².